The molecule has 100 valence electrons. The van der Waals surface area contributed by atoms with E-state index in [0.717, 1.165) is 5.69 Å². The number of aromatic nitrogens is 2. The van der Waals surface area contributed by atoms with Crippen LogP contribution in [0.5, 0.6) is 0 Å². The predicted molar refractivity (Wildman–Crippen MR) is 73.9 cm³/mol. The summed E-state index contributed by atoms with van der Waals surface area (Å²) in [6.07, 6.45) is 1.73. The number of alkyl halides is 1. The number of nitro benzene ring substituents is 1. The number of nitro groups is 1. The van der Waals surface area contributed by atoms with Gasteiger partial charge < -0.3 is 0 Å². The molecule has 0 N–H and O–H groups in total. The van der Waals surface area contributed by atoms with Gasteiger partial charge in [-0.3, -0.25) is 10.1 Å². The summed E-state index contributed by atoms with van der Waals surface area (Å²) in [5.41, 5.74) is 2.08. The number of hydrogen-bond acceptors (Lipinski definition) is 3. The van der Waals surface area contributed by atoms with E-state index in [-0.39, 0.29) is 17.5 Å². The largest absolute Gasteiger partial charge is 0.295 e. The molecule has 0 fully saturated rings. The van der Waals surface area contributed by atoms with Gasteiger partial charge in [0.25, 0.3) is 5.69 Å². The number of benzene rings is 1. The highest BCUT2D eigenvalue weighted by Crippen LogP contribution is 2.25. The van der Waals surface area contributed by atoms with Crippen LogP contribution in [0.25, 0.3) is 5.69 Å². The Morgan fingerprint density at radius 3 is 2.68 bits per heavy atom. The quantitative estimate of drug-likeness (QED) is 0.488. The van der Waals surface area contributed by atoms with E-state index in [0.29, 0.717) is 11.3 Å². The Morgan fingerprint density at radius 1 is 1.42 bits per heavy atom. The van der Waals surface area contributed by atoms with Crippen LogP contribution in [0.1, 0.15) is 31.0 Å². The topological polar surface area (TPSA) is 61.0 Å². The number of rotatable bonds is 4. The van der Waals surface area contributed by atoms with Crippen molar-refractivity contribution in [1.82, 2.24) is 9.78 Å². The number of halogens is 1. The molecule has 1 aromatic carbocycles. The first-order chi connectivity index (χ1) is 9.02. The SMILES string of the molecule is CC(C)c1ccn(-c2ccc(CCl)cc2[N+](=O)[O-])n1. The van der Waals surface area contributed by atoms with E-state index in [1.165, 1.54) is 10.7 Å². The summed E-state index contributed by atoms with van der Waals surface area (Å²) in [6.45, 7) is 4.05. The van der Waals surface area contributed by atoms with E-state index in [2.05, 4.69) is 5.10 Å². The third kappa shape index (κ3) is 2.76. The first-order valence-corrected chi connectivity index (χ1v) is 6.45. The van der Waals surface area contributed by atoms with Crippen molar-refractivity contribution < 1.29 is 4.92 Å². The smallest absolute Gasteiger partial charge is 0.258 e. The van der Waals surface area contributed by atoms with Gasteiger partial charge in [-0.1, -0.05) is 19.9 Å². The molecule has 0 aliphatic carbocycles. The van der Waals surface area contributed by atoms with Gasteiger partial charge in [0.15, 0.2) is 0 Å². The van der Waals surface area contributed by atoms with Crippen molar-refractivity contribution in [3.63, 3.8) is 0 Å². The van der Waals surface area contributed by atoms with Gasteiger partial charge in [0.1, 0.15) is 5.69 Å². The van der Waals surface area contributed by atoms with Gasteiger partial charge in [0.2, 0.25) is 0 Å². The van der Waals surface area contributed by atoms with Gasteiger partial charge in [-0.15, -0.1) is 11.6 Å². The average molecular weight is 280 g/mol. The average Bonchev–Trinajstić information content (AvgIpc) is 2.87. The fourth-order valence-corrected chi connectivity index (χ4v) is 1.94. The van der Waals surface area contributed by atoms with Crippen LogP contribution in [0.4, 0.5) is 5.69 Å². The van der Waals surface area contributed by atoms with Gasteiger partial charge in [-0.05, 0) is 23.6 Å². The van der Waals surface area contributed by atoms with Crippen LogP contribution < -0.4 is 0 Å². The lowest BCUT2D eigenvalue weighted by Crippen LogP contribution is -2.02. The van der Waals surface area contributed by atoms with Gasteiger partial charge in [0.05, 0.1) is 10.6 Å². The third-order valence-electron chi connectivity index (χ3n) is 2.84. The zero-order valence-electron chi connectivity index (χ0n) is 10.7. The number of nitrogens with zero attached hydrogens (tertiary/aromatic N) is 3. The molecule has 1 aromatic heterocycles. The first-order valence-electron chi connectivity index (χ1n) is 5.92. The molecule has 2 aromatic rings. The maximum atomic E-state index is 11.1. The summed E-state index contributed by atoms with van der Waals surface area (Å²) < 4.78 is 1.53. The molecule has 5 nitrogen and oxygen atoms in total. The van der Waals surface area contributed by atoms with Crippen molar-refractivity contribution >= 4 is 17.3 Å². The van der Waals surface area contributed by atoms with E-state index in [4.69, 9.17) is 11.6 Å². The molecular formula is C13H14ClN3O2. The molecular weight excluding hydrogens is 266 g/mol. The van der Waals surface area contributed by atoms with Gasteiger partial charge >= 0.3 is 0 Å². The van der Waals surface area contributed by atoms with Crippen LogP contribution >= 0.6 is 11.6 Å². The molecule has 0 unspecified atom stereocenters. The second-order valence-electron chi connectivity index (χ2n) is 4.55. The lowest BCUT2D eigenvalue weighted by atomic mass is 10.1. The lowest BCUT2D eigenvalue weighted by Gasteiger charge is -2.05. The highest BCUT2D eigenvalue weighted by Gasteiger charge is 2.17. The minimum atomic E-state index is -0.415. The molecule has 19 heavy (non-hydrogen) atoms. The summed E-state index contributed by atoms with van der Waals surface area (Å²) in [5.74, 6) is 0.528. The maximum absolute atomic E-state index is 11.1. The van der Waals surface area contributed by atoms with Gasteiger partial charge in [-0.25, -0.2) is 4.68 Å². The minimum Gasteiger partial charge on any atom is -0.258 e. The second kappa shape index (κ2) is 5.40. The Morgan fingerprint density at radius 2 is 2.16 bits per heavy atom. The molecule has 1 heterocycles. The summed E-state index contributed by atoms with van der Waals surface area (Å²) in [7, 11) is 0. The van der Waals surface area contributed by atoms with Crippen molar-refractivity contribution in [1.29, 1.82) is 0 Å². The molecule has 0 amide bonds. The predicted octanol–water partition coefficient (Wildman–Crippen LogP) is 3.64. The monoisotopic (exact) mass is 279 g/mol. The Balaban J connectivity index is 2.51. The highest BCUT2D eigenvalue weighted by atomic mass is 35.5. The first kappa shape index (κ1) is 13.5. The van der Waals surface area contributed by atoms with Crippen LogP contribution in [0.2, 0.25) is 0 Å². The van der Waals surface area contributed by atoms with Gasteiger partial charge in [-0.2, -0.15) is 5.10 Å². The standard InChI is InChI=1S/C13H14ClN3O2/c1-9(2)11-5-6-16(15-11)12-4-3-10(8-14)7-13(12)17(18)19/h3-7,9H,8H2,1-2H3. The van der Waals surface area contributed by atoms with Crippen molar-refractivity contribution in [3.05, 3.63) is 51.8 Å². The maximum Gasteiger partial charge on any atom is 0.295 e. The van der Waals surface area contributed by atoms with E-state index in [1.54, 1.807) is 18.3 Å². The highest BCUT2D eigenvalue weighted by molar-refractivity contribution is 6.17. The van der Waals surface area contributed by atoms with Crippen molar-refractivity contribution in [2.75, 3.05) is 0 Å². The molecule has 0 atom stereocenters. The van der Waals surface area contributed by atoms with Gasteiger partial charge in [0, 0.05) is 18.1 Å². The third-order valence-corrected chi connectivity index (χ3v) is 3.15. The molecule has 0 saturated carbocycles. The molecule has 2 rings (SSSR count). The molecule has 0 radical (unpaired) electrons. The molecule has 0 bridgehead atoms. The number of hydrogen-bond donors (Lipinski definition) is 0. The summed E-state index contributed by atoms with van der Waals surface area (Å²) >= 11 is 5.70. The Labute approximate surface area is 116 Å². The Bertz CT molecular complexity index is 608. The van der Waals surface area contributed by atoms with E-state index < -0.39 is 4.92 Å². The fourth-order valence-electron chi connectivity index (χ4n) is 1.77. The van der Waals surface area contributed by atoms with E-state index in [9.17, 15) is 10.1 Å². The fraction of sp³-hybridized carbons (Fsp3) is 0.308. The van der Waals surface area contributed by atoms with Crippen LogP contribution in [0.3, 0.4) is 0 Å². The summed E-state index contributed by atoms with van der Waals surface area (Å²) in [4.78, 5) is 10.7. The van der Waals surface area contributed by atoms with Crippen molar-refractivity contribution in [2.24, 2.45) is 0 Å². The van der Waals surface area contributed by atoms with E-state index in [1.807, 2.05) is 19.9 Å². The van der Waals surface area contributed by atoms with Crippen molar-refractivity contribution in [3.8, 4) is 5.69 Å². The second-order valence-corrected chi connectivity index (χ2v) is 4.82. The van der Waals surface area contributed by atoms with Crippen LogP contribution in [-0.4, -0.2) is 14.7 Å². The summed E-state index contributed by atoms with van der Waals surface area (Å²) in [5, 5.41) is 15.5. The molecule has 0 spiro atoms. The Hall–Kier alpha value is -1.88. The molecule has 0 aliphatic rings. The van der Waals surface area contributed by atoms with E-state index >= 15 is 0 Å². The normalized spacial score (nSPS) is 10.9. The van der Waals surface area contributed by atoms with Crippen LogP contribution in [-0.2, 0) is 5.88 Å². The van der Waals surface area contributed by atoms with Crippen LogP contribution in [0, 0.1) is 10.1 Å². The van der Waals surface area contributed by atoms with Crippen molar-refractivity contribution in [2.45, 2.75) is 25.6 Å². The zero-order valence-corrected chi connectivity index (χ0v) is 11.5. The molecule has 0 saturated heterocycles. The van der Waals surface area contributed by atoms with Crippen LogP contribution in [0.15, 0.2) is 30.5 Å². The zero-order chi connectivity index (χ0) is 14.0. The minimum absolute atomic E-state index is 0.0107. The Kier molecular flexibility index (Phi) is 3.85. The molecule has 6 heteroatoms. The lowest BCUT2D eigenvalue weighted by molar-refractivity contribution is -0.384. The molecule has 0 aliphatic heterocycles. The summed E-state index contributed by atoms with van der Waals surface area (Å²) in [6, 6.07) is 6.79.